The maximum Gasteiger partial charge on any atom is 0.340 e. The Kier molecular flexibility index (Phi) is 18.2. The number of ether oxygens (including phenoxy) is 2. The first kappa shape index (κ1) is 42.3. The van der Waals surface area contributed by atoms with Crippen LogP contribution in [0.25, 0.3) is 0 Å². The number of nitrogens with zero attached hydrogens (tertiary/aromatic N) is 2. The summed E-state index contributed by atoms with van der Waals surface area (Å²) in [5.41, 5.74) is 0.590. The average Bonchev–Trinajstić information content (AvgIpc) is 3.05. The van der Waals surface area contributed by atoms with E-state index < -0.39 is 27.7 Å². The Hall–Kier alpha value is -3.72. The molecule has 0 atom stereocenters. The summed E-state index contributed by atoms with van der Waals surface area (Å²) in [5.74, 6) is -0.617. The van der Waals surface area contributed by atoms with Crippen LogP contribution in [0.5, 0.6) is 5.75 Å². The van der Waals surface area contributed by atoms with Gasteiger partial charge in [0.15, 0.2) is 5.75 Å². The maximum absolute atomic E-state index is 12.2. The van der Waals surface area contributed by atoms with E-state index in [1.54, 1.807) is 18.2 Å². The Morgan fingerprint density at radius 2 is 1.17 bits per heavy atom. The molecule has 0 aliphatic carbocycles. The topological polar surface area (TPSA) is 179 Å². The molecule has 0 heterocycles. The van der Waals surface area contributed by atoms with Gasteiger partial charge in [0.25, 0.3) is 16.6 Å². The molecule has 4 aromatic carbocycles. The Morgan fingerprint density at radius 1 is 0.708 bits per heavy atom. The van der Waals surface area contributed by atoms with Crippen LogP contribution in [0.2, 0.25) is 20.1 Å². The highest BCUT2D eigenvalue weighted by Crippen LogP contribution is 2.34. The molecule has 256 valence electrons. The third-order valence-corrected chi connectivity index (χ3v) is 7.40. The third-order valence-electron chi connectivity index (χ3n) is 5.93. The average molecular weight is 785 g/mol. The van der Waals surface area contributed by atoms with Crippen molar-refractivity contribution in [3.63, 3.8) is 0 Å². The molecule has 4 aromatic rings. The molecule has 48 heavy (non-hydrogen) atoms. The number of methoxy groups -OCH3 is 1. The zero-order chi connectivity index (χ0) is 35.3. The summed E-state index contributed by atoms with van der Waals surface area (Å²) in [7, 11) is 1.39. The molecular formula is C30H24Cl6N2O10. The lowest BCUT2D eigenvalue weighted by Gasteiger charge is -2.11. The van der Waals surface area contributed by atoms with Gasteiger partial charge in [0.05, 0.1) is 67.5 Å². The van der Waals surface area contributed by atoms with E-state index in [0.29, 0.717) is 10.6 Å². The molecule has 0 amide bonds. The summed E-state index contributed by atoms with van der Waals surface area (Å²) in [6.07, 6.45) is 0. The molecular weight excluding hydrogens is 761 g/mol. The van der Waals surface area contributed by atoms with Crippen molar-refractivity contribution in [2.75, 3.05) is 7.11 Å². The quantitative estimate of drug-likeness (QED) is 0.0722. The van der Waals surface area contributed by atoms with E-state index in [1.807, 2.05) is 0 Å². The van der Waals surface area contributed by atoms with Crippen molar-refractivity contribution in [2.45, 2.75) is 19.8 Å². The zero-order valence-electron chi connectivity index (χ0n) is 24.4. The number of benzene rings is 4. The van der Waals surface area contributed by atoms with E-state index in [1.165, 1.54) is 61.7 Å². The van der Waals surface area contributed by atoms with Gasteiger partial charge in [-0.3, -0.25) is 25.0 Å². The van der Waals surface area contributed by atoms with Crippen LogP contribution in [-0.2, 0) is 24.6 Å². The molecule has 0 aliphatic rings. The van der Waals surface area contributed by atoms with Crippen LogP contribution in [-0.4, -0.2) is 38.4 Å². The molecule has 4 rings (SSSR count). The van der Waals surface area contributed by atoms with Crippen LogP contribution in [0.1, 0.15) is 37.4 Å². The molecule has 0 spiro atoms. The Balaban J connectivity index is 0.000000391. The normalized spacial score (nSPS) is 9.83. The first-order chi connectivity index (χ1) is 22.3. The number of hydrogen-bond donors (Lipinski definition) is 2. The van der Waals surface area contributed by atoms with E-state index in [-0.39, 0.29) is 80.1 Å². The molecule has 0 unspecified atom stereocenters. The summed E-state index contributed by atoms with van der Waals surface area (Å²) >= 11 is 28.7. The number of carbonyl (C=O) groups excluding carboxylic acids is 2. The minimum absolute atomic E-state index is 0. The standard InChI is InChI=1S/C15H11Cl2NO5.C8H5Cl3O2.C7H7NO3.ClH/c16-11-5-6-12(17)14(10(11)7-19)15(20)23-8-9-3-1-2-4-13(9)18(21)22;1-13-7-5(10)3-2-4(9)6(7)8(11)12;9-5-6-3-1-2-4-7(6)8(10)11;/h1-6,19H,7-8H2;2-3H,1H3;1-4,9H,5H2;1H. The SMILES string of the molecule is COc1c(Cl)ccc(Cl)c1C(=O)Cl.Cl.O=C(OCc1ccccc1[N+](=O)[O-])c1c(Cl)ccc(Cl)c1CO.O=[N+]([O-])c1ccccc1CO. The summed E-state index contributed by atoms with van der Waals surface area (Å²) in [5, 5.41) is 39.3. The molecule has 0 saturated carbocycles. The fraction of sp³-hybridized carbons (Fsp3) is 0.133. The third kappa shape index (κ3) is 11.5. The largest absolute Gasteiger partial charge is 0.494 e. The highest BCUT2D eigenvalue weighted by Gasteiger charge is 2.21. The van der Waals surface area contributed by atoms with Crippen LogP contribution in [0.4, 0.5) is 11.4 Å². The summed E-state index contributed by atoms with van der Waals surface area (Å²) in [6, 6.07) is 17.9. The number of nitro benzene ring substituents is 2. The van der Waals surface area contributed by atoms with Gasteiger partial charge in [-0.1, -0.05) is 70.7 Å². The van der Waals surface area contributed by atoms with Gasteiger partial charge >= 0.3 is 5.97 Å². The first-order valence-electron chi connectivity index (χ1n) is 12.8. The van der Waals surface area contributed by atoms with Crippen molar-refractivity contribution in [3.8, 4) is 5.75 Å². The van der Waals surface area contributed by atoms with Crippen LogP contribution in [0.15, 0.2) is 72.8 Å². The highest BCUT2D eigenvalue weighted by atomic mass is 35.5. The zero-order valence-corrected chi connectivity index (χ0v) is 29.0. The van der Waals surface area contributed by atoms with Crippen molar-refractivity contribution in [3.05, 3.63) is 141 Å². The molecule has 0 aromatic heterocycles. The van der Waals surface area contributed by atoms with E-state index in [2.05, 4.69) is 0 Å². The number of esters is 1. The van der Waals surface area contributed by atoms with Crippen LogP contribution in [0, 0.1) is 20.2 Å². The van der Waals surface area contributed by atoms with E-state index in [4.69, 9.17) is 72.6 Å². The Labute approximate surface area is 304 Å². The van der Waals surface area contributed by atoms with Crippen molar-refractivity contribution in [2.24, 2.45) is 0 Å². The molecule has 0 radical (unpaired) electrons. The van der Waals surface area contributed by atoms with Crippen molar-refractivity contribution in [1.29, 1.82) is 0 Å². The number of nitro groups is 2. The van der Waals surface area contributed by atoms with Gasteiger partial charge in [0.1, 0.15) is 6.61 Å². The van der Waals surface area contributed by atoms with Gasteiger partial charge in [-0.25, -0.2) is 4.79 Å². The van der Waals surface area contributed by atoms with Crippen LogP contribution in [0.3, 0.4) is 0 Å². The molecule has 0 saturated heterocycles. The van der Waals surface area contributed by atoms with Gasteiger partial charge < -0.3 is 19.7 Å². The maximum atomic E-state index is 12.2. The Morgan fingerprint density at radius 3 is 1.60 bits per heavy atom. The second-order valence-corrected chi connectivity index (χ2v) is 10.7. The predicted molar refractivity (Wildman–Crippen MR) is 184 cm³/mol. The van der Waals surface area contributed by atoms with Gasteiger partial charge in [0, 0.05) is 22.7 Å². The summed E-state index contributed by atoms with van der Waals surface area (Å²) < 4.78 is 9.98. The number of para-hydroxylation sites is 2. The van der Waals surface area contributed by atoms with E-state index in [9.17, 15) is 34.9 Å². The lowest BCUT2D eigenvalue weighted by Crippen LogP contribution is -2.10. The van der Waals surface area contributed by atoms with Gasteiger partial charge in [-0.05, 0) is 48.0 Å². The predicted octanol–water partition coefficient (Wildman–Crippen LogP) is 8.64. The highest BCUT2D eigenvalue weighted by molar-refractivity contribution is 6.69. The van der Waals surface area contributed by atoms with Crippen molar-refractivity contribution < 1.29 is 39.1 Å². The van der Waals surface area contributed by atoms with E-state index in [0.717, 1.165) is 0 Å². The van der Waals surface area contributed by atoms with Crippen molar-refractivity contribution in [1.82, 2.24) is 0 Å². The molecule has 0 bridgehead atoms. The second kappa shape index (κ2) is 20.6. The van der Waals surface area contributed by atoms with Gasteiger partial charge in [0.2, 0.25) is 0 Å². The molecule has 12 nitrogen and oxygen atoms in total. The Bertz CT molecular complexity index is 1770. The molecule has 0 aliphatic heterocycles. The molecule has 2 N–H and O–H groups in total. The fourth-order valence-electron chi connectivity index (χ4n) is 3.73. The lowest BCUT2D eigenvalue weighted by molar-refractivity contribution is -0.386. The minimum Gasteiger partial charge on any atom is -0.494 e. The number of aliphatic hydroxyl groups is 2. The molecule has 18 heteroatoms. The number of rotatable bonds is 9. The monoisotopic (exact) mass is 782 g/mol. The van der Waals surface area contributed by atoms with E-state index >= 15 is 0 Å². The summed E-state index contributed by atoms with van der Waals surface area (Å²) in [4.78, 5) is 43.3. The first-order valence-corrected chi connectivity index (χ1v) is 14.7. The fourth-order valence-corrected chi connectivity index (χ4v) is 4.91. The van der Waals surface area contributed by atoms with Crippen molar-refractivity contribution >= 4 is 93.0 Å². The van der Waals surface area contributed by atoms with Gasteiger partial charge in [-0.15, -0.1) is 12.4 Å². The minimum atomic E-state index is -0.820. The lowest BCUT2D eigenvalue weighted by atomic mass is 10.1. The van der Waals surface area contributed by atoms with Gasteiger partial charge in [-0.2, -0.15) is 0 Å². The number of carbonyl (C=O) groups is 2. The summed E-state index contributed by atoms with van der Waals surface area (Å²) in [6.45, 7) is -1.09. The number of aliphatic hydroxyl groups excluding tert-OH is 2. The van der Waals surface area contributed by atoms with Crippen LogP contribution < -0.4 is 4.74 Å². The smallest absolute Gasteiger partial charge is 0.340 e. The number of halogens is 6. The second-order valence-electron chi connectivity index (χ2n) is 8.76. The van der Waals surface area contributed by atoms with Crippen LogP contribution >= 0.6 is 70.4 Å². The molecule has 0 fully saturated rings. The number of hydrogen-bond acceptors (Lipinski definition) is 10.